The van der Waals surface area contributed by atoms with Crippen LogP contribution in [0.15, 0.2) is 47.2 Å². The van der Waals surface area contributed by atoms with Gasteiger partial charge in [-0.25, -0.2) is 0 Å². The van der Waals surface area contributed by atoms with Gasteiger partial charge in [0, 0.05) is 29.0 Å². The van der Waals surface area contributed by atoms with Crippen molar-refractivity contribution in [3.8, 4) is 5.75 Å². The molecule has 0 fully saturated rings. The fourth-order valence-electron chi connectivity index (χ4n) is 1.96. The maximum atomic E-state index is 5.95. The van der Waals surface area contributed by atoms with Crippen molar-refractivity contribution >= 4 is 15.9 Å². The first-order valence-electron chi connectivity index (χ1n) is 7.16. The lowest BCUT2D eigenvalue weighted by Gasteiger charge is -2.14. The summed E-state index contributed by atoms with van der Waals surface area (Å²) in [5.41, 5.74) is 2.29. The molecule has 112 valence electrons. The van der Waals surface area contributed by atoms with Gasteiger partial charge >= 0.3 is 0 Å². The second-order valence-electron chi connectivity index (χ2n) is 5.42. The Labute approximate surface area is 134 Å². The van der Waals surface area contributed by atoms with E-state index in [0.29, 0.717) is 12.5 Å². The van der Waals surface area contributed by atoms with E-state index in [2.05, 4.69) is 46.1 Å². The van der Waals surface area contributed by atoms with Crippen molar-refractivity contribution in [1.29, 1.82) is 0 Å². The van der Waals surface area contributed by atoms with E-state index in [1.54, 1.807) is 12.4 Å². The summed E-state index contributed by atoms with van der Waals surface area (Å²) in [6.07, 6.45) is 3.57. The van der Waals surface area contributed by atoms with E-state index in [-0.39, 0.29) is 0 Å². The zero-order valence-corrected chi connectivity index (χ0v) is 14.1. The van der Waals surface area contributed by atoms with Crippen LogP contribution in [0, 0.1) is 5.92 Å². The van der Waals surface area contributed by atoms with E-state index in [0.717, 1.165) is 28.9 Å². The normalized spacial score (nSPS) is 10.9. The molecule has 0 amide bonds. The Balaban J connectivity index is 2.00. The van der Waals surface area contributed by atoms with Crippen molar-refractivity contribution in [1.82, 2.24) is 10.3 Å². The van der Waals surface area contributed by atoms with E-state index >= 15 is 0 Å². The summed E-state index contributed by atoms with van der Waals surface area (Å²) in [5.74, 6) is 1.56. The maximum Gasteiger partial charge on any atom is 0.124 e. The number of nitrogens with zero attached hydrogens (tertiary/aromatic N) is 1. The number of pyridine rings is 1. The van der Waals surface area contributed by atoms with Gasteiger partial charge in [0.15, 0.2) is 0 Å². The van der Waals surface area contributed by atoms with Gasteiger partial charge in [-0.3, -0.25) is 4.98 Å². The Morgan fingerprint density at radius 1 is 1.19 bits per heavy atom. The number of hydrogen-bond donors (Lipinski definition) is 1. The molecule has 0 spiro atoms. The summed E-state index contributed by atoms with van der Waals surface area (Å²) in [5, 5.41) is 3.46. The van der Waals surface area contributed by atoms with Gasteiger partial charge in [0.2, 0.25) is 0 Å². The van der Waals surface area contributed by atoms with Gasteiger partial charge in [0.05, 0.1) is 0 Å². The van der Waals surface area contributed by atoms with E-state index in [1.165, 1.54) is 5.56 Å². The molecule has 0 saturated heterocycles. The average molecular weight is 349 g/mol. The number of halogens is 1. The summed E-state index contributed by atoms with van der Waals surface area (Å²) in [6, 6.07) is 10.1. The van der Waals surface area contributed by atoms with Gasteiger partial charge in [-0.05, 0) is 48.4 Å². The first-order chi connectivity index (χ1) is 10.1. The SMILES string of the molecule is CC(C)CNCc1cc(Br)ccc1OCc1ccncc1. The molecule has 4 heteroatoms. The first kappa shape index (κ1) is 16.0. The Kier molecular flexibility index (Phi) is 6.21. The van der Waals surface area contributed by atoms with E-state index in [1.807, 2.05) is 24.3 Å². The Morgan fingerprint density at radius 2 is 1.95 bits per heavy atom. The largest absolute Gasteiger partial charge is 0.489 e. The van der Waals surface area contributed by atoms with Gasteiger partial charge in [-0.15, -0.1) is 0 Å². The van der Waals surface area contributed by atoms with Crippen LogP contribution in [-0.2, 0) is 13.2 Å². The second kappa shape index (κ2) is 8.15. The van der Waals surface area contributed by atoms with Crippen LogP contribution >= 0.6 is 15.9 Å². The van der Waals surface area contributed by atoms with Crippen LogP contribution in [0.1, 0.15) is 25.0 Å². The summed E-state index contributed by atoms with van der Waals surface area (Å²) < 4.78 is 7.02. The first-order valence-corrected chi connectivity index (χ1v) is 7.95. The molecule has 1 heterocycles. The standard InChI is InChI=1S/C17H21BrN2O/c1-13(2)10-20-11-15-9-16(18)3-4-17(15)21-12-14-5-7-19-8-6-14/h3-9,13,20H,10-12H2,1-2H3. The molecular weight excluding hydrogens is 328 g/mol. The number of aromatic nitrogens is 1. The van der Waals surface area contributed by atoms with Crippen molar-refractivity contribution < 1.29 is 4.74 Å². The van der Waals surface area contributed by atoms with Gasteiger partial charge in [0.25, 0.3) is 0 Å². The molecule has 3 nitrogen and oxygen atoms in total. The minimum atomic E-state index is 0.557. The topological polar surface area (TPSA) is 34.1 Å². The molecule has 1 N–H and O–H groups in total. The molecule has 0 radical (unpaired) electrons. The van der Waals surface area contributed by atoms with Crippen LogP contribution < -0.4 is 10.1 Å². The van der Waals surface area contributed by atoms with Crippen LogP contribution in [0.3, 0.4) is 0 Å². The highest BCUT2D eigenvalue weighted by Crippen LogP contribution is 2.24. The minimum absolute atomic E-state index is 0.557. The van der Waals surface area contributed by atoms with E-state index in [4.69, 9.17) is 4.74 Å². The zero-order valence-electron chi connectivity index (χ0n) is 12.5. The monoisotopic (exact) mass is 348 g/mol. The highest BCUT2D eigenvalue weighted by atomic mass is 79.9. The van der Waals surface area contributed by atoms with Crippen LogP contribution in [0.4, 0.5) is 0 Å². The fourth-order valence-corrected chi connectivity index (χ4v) is 2.37. The zero-order chi connectivity index (χ0) is 15.1. The van der Waals surface area contributed by atoms with E-state index in [9.17, 15) is 0 Å². The number of ether oxygens (including phenoxy) is 1. The molecule has 0 saturated carbocycles. The number of rotatable bonds is 7. The summed E-state index contributed by atoms with van der Waals surface area (Å²) >= 11 is 3.52. The Morgan fingerprint density at radius 3 is 2.67 bits per heavy atom. The molecule has 0 bridgehead atoms. The molecule has 0 aliphatic rings. The minimum Gasteiger partial charge on any atom is -0.489 e. The predicted molar refractivity (Wildman–Crippen MR) is 89.3 cm³/mol. The lowest BCUT2D eigenvalue weighted by atomic mass is 10.1. The molecule has 0 aliphatic heterocycles. The van der Waals surface area contributed by atoms with E-state index < -0.39 is 0 Å². The lowest BCUT2D eigenvalue weighted by molar-refractivity contribution is 0.301. The molecular formula is C17H21BrN2O. The molecule has 1 aromatic heterocycles. The Hall–Kier alpha value is -1.39. The quantitative estimate of drug-likeness (QED) is 0.815. The van der Waals surface area contributed by atoms with Crippen molar-refractivity contribution in [3.05, 3.63) is 58.3 Å². The number of benzene rings is 1. The molecule has 1 aromatic carbocycles. The Bertz CT molecular complexity index is 558. The molecule has 2 rings (SSSR count). The summed E-state index contributed by atoms with van der Waals surface area (Å²) in [6.45, 7) is 6.77. The smallest absolute Gasteiger partial charge is 0.124 e. The van der Waals surface area contributed by atoms with Crippen LogP contribution in [0.2, 0.25) is 0 Å². The van der Waals surface area contributed by atoms with Crippen LogP contribution in [-0.4, -0.2) is 11.5 Å². The molecule has 0 atom stereocenters. The van der Waals surface area contributed by atoms with Crippen molar-refractivity contribution in [2.45, 2.75) is 27.0 Å². The van der Waals surface area contributed by atoms with Crippen molar-refractivity contribution in [2.75, 3.05) is 6.54 Å². The molecule has 21 heavy (non-hydrogen) atoms. The predicted octanol–water partition coefficient (Wildman–Crippen LogP) is 4.17. The average Bonchev–Trinajstić information content (AvgIpc) is 2.47. The molecule has 0 aliphatic carbocycles. The second-order valence-corrected chi connectivity index (χ2v) is 6.34. The van der Waals surface area contributed by atoms with Crippen molar-refractivity contribution in [2.24, 2.45) is 5.92 Å². The number of hydrogen-bond acceptors (Lipinski definition) is 3. The summed E-state index contributed by atoms with van der Waals surface area (Å²) in [4.78, 5) is 4.01. The van der Waals surface area contributed by atoms with Crippen molar-refractivity contribution in [3.63, 3.8) is 0 Å². The summed E-state index contributed by atoms with van der Waals surface area (Å²) in [7, 11) is 0. The molecule has 0 unspecified atom stereocenters. The third-order valence-corrected chi connectivity index (χ3v) is 3.53. The van der Waals surface area contributed by atoms with Crippen LogP contribution in [0.25, 0.3) is 0 Å². The fraction of sp³-hybridized carbons (Fsp3) is 0.353. The van der Waals surface area contributed by atoms with Gasteiger partial charge in [-0.1, -0.05) is 29.8 Å². The van der Waals surface area contributed by atoms with Crippen LogP contribution in [0.5, 0.6) is 5.75 Å². The highest BCUT2D eigenvalue weighted by molar-refractivity contribution is 9.10. The highest BCUT2D eigenvalue weighted by Gasteiger charge is 2.05. The number of nitrogens with one attached hydrogen (secondary N) is 1. The third-order valence-electron chi connectivity index (χ3n) is 3.03. The lowest BCUT2D eigenvalue weighted by Crippen LogP contribution is -2.19. The van der Waals surface area contributed by atoms with Gasteiger partial charge in [0.1, 0.15) is 12.4 Å². The maximum absolute atomic E-state index is 5.95. The molecule has 2 aromatic rings. The van der Waals surface area contributed by atoms with Gasteiger partial charge < -0.3 is 10.1 Å². The third kappa shape index (κ3) is 5.48. The van der Waals surface area contributed by atoms with Gasteiger partial charge in [-0.2, -0.15) is 0 Å².